The molecule has 7 nitrogen and oxygen atoms in total. The van der Waals surface area contributed by atoms with Gasteiger partial charge in [0.15, 0.2) is 4.80 Å². The first-order valence-electron chi connectivity index (χ1n) is 10.3. The number of benzene rings is 1. The Labute approximate surface area is 189 Å². The number of carbonyl (C=O) groups excluding carboxylic acids is 1. The van der Waals surface area contributed by atoms with E-state index in [9.17, 15) is 9.59 Å². The first-order chi connectivity index (χ1) is 15.5. The number of allylic oxidation sites excluding steroid dienone is 1. The number of hydrogen-bond donors (Lipinski definition) is 0. The van der Waals surface area contributed by atoms with Gasteiger partial charge < -0.3 is 9.47 Å². The molecule has 0 fully saturated rings. The van der Waals surface area contributed by atoms with E-state index >= 15 is 0 Å². The number of thiazole rings is 1. The molecule has 3 aromatic rings. The third-order valence-corrected chi connectivity index (χ3v) is 6.07. The molecule has 0 N–H and O–H groups in total. The maximum atomic E-state index is 13.5. The number of fused-ring (bicyclic) bond motifs is 1. The SMILES string of the molecule is CCCOc1ccccc1[C@@H]1C(C(=O)OC)=C(C)N=c2s/c(=C\c3cccnc3)c(=O)n21. The van der Waals surface area contributed by atoms with E-state index in [4.69, 9.17) is 9.47 Å². The second-order valence-corrected chi connectivity index (χ2v) is 8.26. The Kier molecular flexibility index (Phi) is 6.32. The van der Waals surface area contributed by atoms with Gasteiger partial charge in [-0.2, -0.15) is 0 Å². The summed E-state index contributed by atoms with van der Waals surface area (Å²) < 4.78 is 13.1. The van der Waals surface area contributed by atoms with Gasteiger partial charge in [-0.3, -0.25) is 14.3 Å². The van der Waals surface area contributed by atoms with Crippen molar-refractivity contribution in [3.05, 3.63) is 90.9 Å². The molecule has 164 valence electrons. The molecule has 1 atom stereocenters. The highest BCUT2D eigenvalue weighted by molar-refractivity contribution is 7.07. The lowest BCUT2D eigenvalue weighted by atomic mass is 9.95. The van der Waals surface area contributed by atoms with Crippen LogP contribution in [0.15, 0.2) is 69.8 Å². The molecule has 1 aromatic carbocycles. The molecule has 0 saturated heterocycles. The van der Waals surface area contributed by atoms with E-state index in [1.54, 1.807) is 30.0 Å². The normalized spacial score (nSPS) is 15.8. The van der Waals surface area contributed by atoms with Crippen LogP contribution in [0.3, 0.4) is 0 Å². The molecule has 1 aliphatic heterocycles. The topological polar surface area (TPSA) is 82.8 Å². The Morgan fingerprint density at radius 2 is 2.06 bits per heavy atom. The Morgan fingerprint density at radius 3 is 2.78 bits per heavy atom. The number of pyridine rings is 1. The zero-order valence-corrected chi connectivity index (χ0v) is 18.9. The lowest BCUT2D eigenvalue weighted by molar-refractivity contribution is -0.136. The molecule has 0 aliphatic carbocycles. The van der Waals surface area contributed by atoms with E-state index in [-0.39, 0.29) is 5.56 Å². The number of nitrogens with zero attached hydrogens (tertiary/aromatic N) is 3. The van der Waals surface area contributed by atoms with Crippen LogP contribution in [0.5, 0.6) is 5.75 Å². The van der Waals surface area contributed by atoms with Crippen molar-refractivity contribution < 1.29 is 14.3 Å². The zero-order chi connectivity index (χ0) is 22.7. The summed E-state index contributed by atoms with van der Waals surface area (Å²) in [6, 6.07) is 10.4. The molecule has 0 amide bonds. The number of aromatic nitrogens is 2. The lowest BCUT2D eigenvalue weighted by Crippen LogP contribution is -2.40. The molecule has 0 bridgehead atoms. The zero-order valence-electron chi connectivity index (χ0n) is 18.1. The van der Waals surface area contributed by atoms with Crippen LogP contribution < -0.4 is 19.6 Å². The molecule has 4 rings (SSSR count). The van der Waals surface area contributed by atoms with Gasteiger partial charge in [-0.1, -0.05) is 42.5 Å². The highest BCUT2D eigenvalue weighted by Gasteiger charge is 2.34. The Hall–Kier alpha value is -3.52. The quantitative estimate of drug-likeness (QED) is 0.540. The summed E-state index contributed by atoms with van der Waals surface area (Å²) in [4.78, 5) is 35.5. The van der Waals surface area contributed by atoms with E-state index in [0.717, 1.165) is 12.0 Å². The number of esters is 1. The highest BCUT2D eigenvalue weighted by Crippen LogP contribution is 2.35. The molecule has 0 saturated carbocycles. The summed E-state index contributed by atoms with van der Waals surface area (Å²) in [7, 11) is 1.33. The molecule has 2 aromatic heterocycles. The summed E-state index contributed by atoms with van der Waals surface area (Å²) in [5.74, 6) is 0.0976. The summed E-state index contributed by atoms with van der Waals surface area (Å²) >= 11 is 1.28. The molecule has 1 aliphatic rings. The monoisotopic (exact) mass is 449 g/mol. The van der Waals surface area contributed by atoms with Gasteiger partial charge in [0.2, 0.25) is 0 Å². The summed E-state index contributed by atoms with van der Waals surface area (Å²) in [5.41, 5.74) is 2.12. The van der Waals surface area contributed by atoms with Gasteiger partial charge in [0.1, 0.15) is 11.8 Å². The van der Waals surface area contributed by atoms with Crippen molar-refractivity contribution in [2.45, 2.75) is 26.3 Å². The van der Waals surface area contributed by atoms with Crippen LogP contribution in [0.1, 0.15) is 37.4 Å². The van der Waals surface area contributed by atoms with Crippen molar-refractivity contribution in [3.63, 3.8) is 0 Å². The minimum Gasteiger partial charge on any atom is -0.493 e. The average molecular weight is 450 g/mol. The van der Waals surface area contributed by atoms with E-state index in [1.807, 2.05) is 43.3 Å². The number of carbonyl (C=O) groups is 1. The van der Waals surface area contributed by atoms with Crippen molar-refractivity contribution in [2.24, 2.45) is 4.99 Å². The van der Waals surface area contributed by atoms with Gasteiger partial charge in [0.25, 0.3) is 5.56 Å². The van der Waals surface area contributed by atoms with Crippen LogP contribution in [0.2, 0.25) is 0 Å². The number of para-hydroxylation sites is 1. The molecule has 0 spiro atoms. The van der Waals surface area contributed by atoms with Crippen molar-refractivity contribution >= 4 is 23.4 Å². The van der Waals surface area contributed by atoms with Gasteiger partial charge in [0, 0.05) is 18.0 Å². The molecule has 0 radical (unpaired) electrons. The predicted molar refractivity (Wildman–Crippen MR) is 122 cm³/mol. The largest absolute Gasteiger partial charge is 0.493 e. The minimum absolute atomic E-state index is 0.234. The fraction of sp³-hybridized carbons (Fsp3) is 0.250. The smallest absolute Gasteiger partial charge is 0.338 e. The van der Waals surface area contributed by atoms with Gasteiger partial charge in [0.05, 0.1) is 29.5 Å². The van der Waals surface area contributed by atoms with Crippen LogP contribution in [-0.4, -0.2) is 29.2 Å². The number of methoxy groups -OCH3 is 1. The fourth-order valence-electron chi connectivity index (χ4n) is 3.65. The van der Waals surface area contributed by atoms with Gasteiger partial charge in [-0.25, -0.2) is 9.79 Å². The molecule has 0 unspecified atom stereocenters. The van der Waals surface area contributed by atoms with Crippen molar-refractivity contribution in [3.8, 4) is 5.75 Å². The molecule has 8 heteroatoms. The first-order valence-corrected chi connectivity index (χ1v) is 11.1. The molecule has 32 heavy (non-hydrogen) atoms. The van der Waals surface area contributed by atoms with Crippen LogP contribution in [0.25, 0.3) is 6.08 Å². The van der Waals surface area contributed by atoms with E-state index in [2.05, 4.69) is 9.98 Å². The highest BCUT2D eigenvalue weighted by atomic mass is 32.1. The molecule has 3 heterocycles. The third kappa shape index (κ3) is 4.01. The second kappa shape index (κ2) is 9.32. The number of ether oxygens (including phenoxy) is 2. The second-order valence-electron chi connectivity index (χ2n) is 7.25. The first kappa shape index (κ1) is 21.7. The van der Waals surface area contributed by atoms with Crippen molar-refractivity contribution in [1.82, 2.24) is 9.55 Å². The maximum Gasteiger partial charge on any atom is 0.338 e. The Balaban J connectivity index is 1.98. The van der Waals surface area contributed by atoms with Gasteiger partial charge >= 0.3 is 5.97 Å². The van der Waals surface area contributed by atoms with Crippen LogP contribution in [-0.2, 0) is 9.53 Å². The van der Waals surface area contributed by atoms with E-state index in [1.165, 1.54) is 18.4 Å². The van der Waals surface area contributed by atoms with Gasteiger partial charge in [-0.15, -0.1) is 0 Å². The van der Waals surface area contributed by atoms with Crippen LogP contribution in [0, 0.1) is 0 Å². The fourth-order valence-corrected chi connectivity index (χ4v) is 4.70. The van der Waals surface area contributed by atoms with Crippen molar-refractivity contribution in [1.29, 1.82) is 0 Å². The van der Waals surface area contributed by atoms with Crippen LogP contribution >= 0.6 is 11.3 Å². The molecular formula is C24H23N3O4S. The Morgan fingerprint density at radius 1 is 1.25 bits per heavy atom. The van der Waals surface area contributed by atoms with Gasteiger partial charge in [-0.05, 0) is 37.1 Å². The summed E-state index contributed by atoms with van der Waals surface area (Å²) in [6.07, 6.45) is 5.98. The lowest BCUT2D eigenvalue weighted by Gasteiger charge is -2.26. The Bertz CT molecular complexity index is 1360. The summed E-state index contributed by atoms with van der Waals surface area (Å²) in [6.45, 7) is 4.30. The molecular weight excluding hydrogens is 426 g/mol. The maximum absolute atomic E-state index is 13.5. The van der Waals surface area contributed by atoms with E-state index < -0.39 is 12.0 Å². The number of hydrogen-bond acceptors (Lipinski definition) is 7. The van der Waals surface area contributed by atoms with Crippen molar-refractivity contribution in [2.75, 3.05) is 13.7 Å². The average Bonchev–Trinajstić information content (AvgIpc) is 3.11. The third-order valence-electron chi connectivity index (χ3n) is 5.08. The van der Waals surface area contributed by atoms with E-state index in [0.29, 0.717) is 38.5 Å². The predicted octanol–water partition coefficient (Wildman–Crippen LogP) is 2.59. The summed E-state index contributed by atoms with van der Waals surface area (Å²) in [5, 5.41) is 0. The standard InChI is InChI=1S/C24H23N3O4S/c1-4-12-31-18-10-6-5-9-17(18)21-20(23(29)30-3)15(2)26-24-27(21)22(28)19(32-24)13-16-8-7-11-25-14-16/h5-11,13-14,21H,4,12H2,1-3H3/b19-13-/t21-/m1/s1. The van der Waals surface area contributed by atoms with Crippen LogP contribution in [0.4, 0.5) is 0 Å². The number of rotatable bonds is 6. The minimum atomic E-state index is -0.706.